The molecule has 0 unspecified atom stereocenters. The van der Waals surface area contributed by atoms with Crippen molar-refractivity contribution in [2.24, 2.45) is 5.92 Å². The molecule has 0 N–H and O–H groups in total. The van der Waals surface area contributed by atoms with Crippen LogP contribution in [-0.4, -0.2) is 5.75 Å². The average molecular weight is 273 g/mol. The second-order valence-electron chi connectivity index (χ2n) is 5.78. The van der Waals surface area contributed by atoms with Gasteiger partial charge in [0.05, 0.1) is 0 Å². The first-order valence-corrected chi connectivity index (χ1v) is 9.09. The minimum Gasteiger partial charge on any atom is -0.179 e. The highest BCUT2D eigenvalue weighted by Gasteiger charge is 2.07. The quantitative estimate of drug-likeness (QED) is 0.266. The summed E-state index contributed by atoms with van der Waals surface area (Å²) in [6, 6.07) is 0. The summed E-state index contributed by atoms with van der Waals surface area (Å²) in [5.41, 5.74) is 0. The normalized spacial score (nSPS) is 11.3. The maximum absolute atomic E-state index is 4.42. The van der Waals surface area contributed by atoms with E-state index < -0.39 is 0 Å². The first-order chi connectivity index (χ1) is 8.85. The number of hydrogen-bond donors (Lipinski definition) is 1. The number of hydrogen-bond acceptors (Lipinski definition) is 1. The van der Waals surface area contributed by atoms with Crippen molar-refractivity contribution in [2.75, 3.05) is 5.75 Å². The number of unbranched alkanes of at least 4 members (excludes halogenated alkanes) is 8. The second kappa shape index (κ2) is 15.4. The van der Waals surface area contributed by atoms with Gasteiger partial charge in [0.15, 0.2) is 0 Å². The van der Waals surface area contributed by atoms with Crippen molar-refractivity contribution in [3.63, 3.8) is 0 Å². The highest BCUT2D eigenvalue weighted by atomic mass is 32.1. The third-order valence-electron chi connectivity index (χ3n) is 3.97. The molecule has 0 amide bonds. The summed E-state index contributed by atoms with van der Waals surface area (Å²) in [6.45, 7) is 4.58. The van der Waals surface area contributed by atoms with E-state index in [1.807, 2.05) is 0 Å². The summed E-state index contributed by atoms with van der Waals surface area (Å²) in [6.07, 6.45) is 18.5. The van der Waals surface area contributed by atoms with Crippen molar-refractivity contribution in [1.29, 1.82) is 0 Å². The first kappa shape index (κ1) is 18.4. The fraction of sp³-hybridized carbons (Fsp3) is 1.00. The molecular weight excluding hydrogens is 236 g/mol. The molecule has 0 nitrogen and oxygen atoms in total. The second-order valence-corrected chi connectivity index (χ2v) is 6.23. The lowest BCUT2D eigenvalue weighted by Crippen LogP contribution is -2.02. The van der Waals surface area contributed by atoms with Crippen LogP contribution in [0.5, 0.6) is 0 Å². The fourth-order valence-corrected chi connectivity index (χ4v) is 3.05. The molecule has 0 aromatic carbocycles. The predicted octanol–water partition coefficient (Wildman–Crippen LogP) is 6.64. The lowest BCUT2D eigenvalue weighted by atomic mass is 9.92. The summed E-state index contributed by atoms with van der Waals surface area (Å²) >= 11 is 4.42. The molecule has 1 heteroatoms. The molecule has 0 aromatic heterocycles. The molecule has 0 rings (SSSR count). The largest absolute Gasteiger partial charge is 0.179 e. The fourth-order valence-electron chi connectivity index (χ4n) is 2.69. The average Bonchev–Trinajstić information content (AvgIpc) is 2.38. The molecule has 0 aliphatic carbocycles. The van der Waals surface area contributed by atoms with Crippen molar-refractivity contribution >= 4 is 12.6 Å². The van der Waals surface area contributed by atoms with Crippen LogP contribution in [0.25, 0.3) is 0 Å². The van der Waals surface area contributed by atoms with Crippen LogP contribution >= 0.6 is 12.6 Å². The van der Waals surface area contributed by atoms with E-state index in [0.29, 0.717) is 0 Å². The Morgan fingerprint density at radius 1 is 0.611 bits per heavy atom. The van der Waals surface area contributed by atoms with Gasteiger partial charge in [-0.25, -0.2) is 0 Å². The van der Waals surface area contributed by atoms with E-state index in [1.165, 1.54) is 83.5 Å². The predicted molar refractivity (Wildman–Crippen MR) is 88.7 cm³/mol. The summed E-state index contributed by atoms with van der Waals surface area (Å²) < 4.78 is 0. The van der Waals surface area contributed by atoms with E-state index in [2.05, 4.69) is 26.5 Å². The van der Waals surface area contributed by atoms with Crippen LogP contribution < -0.4 is 0 Å². The van der Waals surface area contributed by atoms with E-state index in [9.17, 15) is 0 Å². The Kier molecular flexibility index (Phi) is 15.7. The van der Waals surface area contributed by atoms with E-state index >= 15 is 0 Å². The Hall–Kier alpha value is 0.350. The SMILES string of the molecule is CCCCCCCC(CCS)CCCCCCC. The van der Waals surface area contributed by atoms with Crippen molar-refractivity contribution in [3.8, 4) is 0 Å². The van der Waals surface area contributed by atoms with Gasteiger partial charge in [0, 0.05) is 0 Å². The van der Waals surface area contributed by atoms with Gasteiger partial charge in [-0.05, 0) is 18.1 Å². The smallest absolute Gasteiger partial charge is 0.00953 e. The van der Waals surface area contributed by atoms with Crippen LogP contribution in [0.1, 0.15) is 97.3 Å². The molecular formula is C17H36S. The van der Waals surface area contributed by atoms with Gasteiger partial charge in [-0.15, -0.1) is 0 Å². The third kappa shape index (κ3) is 12.8. The Balaban J connectivity index is 3.45. The monoisotopic (exact) mass is 272 g/mol. The van der Waals surface area contributed by atoms with E-state index in [-0.39, 0.29) is 0 Å². The Morgan fingerprint density at radius 3 is 1.44 bits per heavy atom. The molecule has 0 bridgehead atoms. The molecule has 0 atom stereocenters. The molecule has 0 saturated carbocycles. The van der Waals surface area contributed by atoms with Crippen molar-refractivity contribution in [1.82, 2.24) is 0 Å². The van der Waals surface area contributed by atoms with Crippen LogP contribution in [0.15, 0.2) is 0 Å². The van der Waals surface area contributed by atoms with E-state index in [0.717, 1.165) is 11.7 Å². The van der Waals surface area contributed by atoms with Crippen molar-refractivity contribution in [3.05, 3.63) is 0 Å². The molecule has 110 valence electrons. The molecule has 0 saturated heterocycles. The highest BCUT2D eigenvalue weighted by molar-refractivity contribution is 7.80. The zero-order valence-corrected chi connectivity index (χ0v) is 13.8. The topological polar surface area (TPSA) is 0 Å². The molecule has 0 aliphatic heterocycles. The van der Waals surface area contributed by atoms with Gasteiger partial charge in [-0.3, -0.25) is 0 Å². The van der Waals surface area contributed by atoms with Gasteiger partial charge in [-0.1, -0.05) is 90.9 Å². The Labute approximate surface area is 122 Å². The van der Waals surface area contributed by atoms with Crippen LogP contribution in [0, 0.1) is 5.92 Å². The maximum atomic E-state index is 4.42. The van der Waals surface area contributed by atoms with E-state index in [1.54, 1.807) is 0 Å². The minimum absolute atomic E-state index is 0.964. The molecule has 0 aromatic rings. The van der Waals surface area contributed by atoms with Crippen LogP contribution in [0.2, 0.25) is 0 Å². The van der Waals surface area contributed by atoms with Gasteiger partial charge < -0.3 is 0 Å². The zero-order chi connectivity index (χ0) is 13.5. The number of rotatable bonds is 14. The first-order valence-electron chi connectivity index (χ1n) is 8.46. The van der Waals surface area contributed by atoms with Gasteiger partial charge in [-0.2, -0.15) is 12.6 Å². The lowest BCUT2D eigenvalue weighted by molar-refractivity contribution is 0.396. The van der Waals surface area contributed by atoms with Crippen LogP contribution in [0.4, 0.5) is 0 Å². The van der Waals surface area contributed by atoms with Crippen molar-refractivity contribution < 1.29 is 0 Å². The van der Waals surface area contributed by atoms with E-state index in [4.69, 9.17) is 0 Å². The highest BCUT2D eigenvalue weighted by Crippen LogP contribution is 2.22. The standard InChI is InChI=1S/C17H36S/c1-3-5-7-9-11-13-17(15-16-18)14-12-10-8-6-4-2/h17-18H,3-16H2,1-2H3. The lowest BCUT2D eigenvalue weighted by Gasteiger charge is -2.15. The summed E-state index contributed by atoms with van der Waals surface area (Å²) in [5, 5.41) is 0. The van der Waals surface area contributed by atoms with Gasteiger partial charge >= 0.3 is 0 Å². The van der Waals surface area contributed by atoms with Gasteiger partial charge in [0.1, 0.15) is 0 Å². The molecule has 0 spiro atoms. The summed E-state index contributed by atoms with van der Waals surface area (Å²) in [5.74, 6) is 2.04. The third-order valence-corrected chi connectivity index (χ3v) is 4.23. The zero-order valence-electron chi connectivity index (χ0n) is 12.9. The summed E-state index contributed by atoms with van der Waals surface area (Å²) in [7, 11) is 0. The van der Waals surface area contributed by atoms with Crippen molar-refractivity contribution in [2.45, 2.75) is 97.3 Å². The molecule has 0 radical (unpaired) electrons. The van der Waals surface area contributed by atoms with Gasteiger partial charge in [0.25, 0.3) is 0 Å². The molecule has 0 fully saturated rings. The molecule has 0 heterocycles. The Bertz CT molecular complexity index is 131. The number of thiol groups is 1. The van der Waals surface area contributed by atoms with Gasteiger partial charge in [0.2, 0.25) is 0 Å². The Morgan fingerprint density at radius 2 is 1.06 bits per heavy atom. The molecule has 18 heavy (non-hydrogen) atoms. The van der Waals surface area contributed by atoms with Crippen LogP contribution in [-0.2, 0) is 0 Å². The minimum atomic E-state index is 0.964. The summed E-state index contributed by atoms with van der Waals surface area (Å²) in [4.78, 5) is 0. The van der Waals surface area contributed by atoms with Crippen LogP contribution in [0.3, 0.4) is 0 Å². The maximum Gasteiger partial charge on any atom is -0.00953 e. The molecule has 0 aliphatic rings.